The van der Waals surface area contributed by atoms with E-state index >= 15 is 0 Å². The van der Waals surface area contributed by atoms with Crippen molar-refractivity contribution in [3.8, 4) is 0 Å². The van der Waals surface area contributed by atoms with E-state index in [1.165, 1.54) is 5.69 Å². The highest BCUT2D eigenvalue weighted by atomic mass is 15.1. The molecular weight excluding hydrogens is 174 g/mol. The van der Waals surface area contributed by atoms with Gasteiger partial charge in [-0.3, -0.25) is 0 Å². The lowest BCUT2D eigenvalue weighted by atomic mass is 10.2. The van der Waals surface area contributed by atoms with E-state index in [1.807, 2.05) is 14.1 Å². The van der Waals surface area contributed by atoms with Gasteiger partial charge in [-0.25, -0.2) is 0 Å². The average molecular weight is 193 g/mol. The SMILES string of the molecule is CN(C)c1cccc(NCCCN)c1. The van der Waals surface area contributed by atoms with E-state index in [0.717, 1.165) is 25.2 Å². The summed E-state index contributed by atoms with van der Waals surface area (Å²) in [6, 6.07) is 8.36. The second-order valence-corrected chi connectivity index (χ2v) is 3.51. The Balaban J connectivity index is 2.55. The van der Waals surface area contributed by atoms with Crippen LogP contribution in [0.2, 0.25) is 0 Å². The van der Waals surface area contributed by atoms with Gasteiger partial charge in [-0.15, -0.1) is 0 Å². The first-order valence-electron chi connectivity index (χ1n) is 4.95. The van der Waals surface area contributed by atoms with Crippen LogP contribution in [0.3, 0.4) is 0 Å². The number of rotatable bonds is 5. The zero-order valence-electron chi connectivity index (χ0n) is 8.96. The molecule has 3 N–H and O–H groups in total. The number of hydrogen-bond acceptors (Lipinski definition) is 3. The fraction of sp³-hybridized carbons (Fsp3) is 0.455. The van der Waals surface area contributed by atoms with Crippen molar-refractivity contribution in [2.75, 3.05) is 37.4 Å². The molecule has 0 fully saturated rings. The summed E-state index contributed by atoms with van der Waals surface area (Å²) in [5, 5.41) is 3.33. The fourth-order valence-electron chi connectivity index (χ4n) is 1.23. The topological polar surface area (TPSA) is 41.3 Å². The first kappa shape index (κ1) is 10.9. The van der Waals surface area contributed by atoms with Crippen LogP contribution in [0.5, 0.6) is 0 Å². The second kappa shape index (κ2) is 5.50. The number of benzene rings is 1. The van der Waals surface area contributed by atoms with E-state index in [2.05, 4.69) is 34.5 Å². The molecule has 3 nitrogen and oxygen atoms in total. The number of nitrogens with one attached hydrogen (secondary N) is 1. The van der Waals surface area contributed by atoms with Crippen LogP contribution in [0.1, 0.15) is 6.42 Å². The molecule has 1 aromatic rings. The zero-order valence-corrected chi connectivity index (χ0v) is 8.96. The molecular formula is C11H19N3. The van der Waals surface area contributed by atoms with Gasteiger partial charge in [0.05, 0.1) is 0 Å². The van der Waals surface area contributed by atoms with Gasteiger partial charge in [-0.2, -0.15) is 0 Å². The Labute approximate surface area is 85.9 Å². The molecule has 0 bridgehead atoms. The van der Waals surface area contributed by atoms with Crippen molar-refractivity contribution in [1.29, 1.82) is 0 Å². The molecule has 0 saturated heterocycles. The first-order chi connectivity index (χ1) is 6.74. The molecule has 1 aromatic carbocycles. The second-order valence-electron chi connectivity index (χ2n) is 3.51. The molecule has 0 saturated carbocycles. The summed E-state index contributed by atoms with van der Waals surface area (Å²) in [5.74, 6) is 0. The monoisotopic (exact) mass is 193 g/mol. The molecule has 0 atom stereocenters. The Bertz CT molecular complexity index is 271. The van der Waals surface area contributed by atoms with Gasteiger partial charge < -0.3 is 16.0 Å². The molecule has 0 radical (unpaired) electrons. The lowest BCUT2D eigenvalue weighted by molar-refractivity contribution is 0.874. The molecule has 0 aliphatic rings. The maximum atomic E-state index is 5.42. The Kier molecular flexibility index (Phi) is 4.26. The van der Waals surface area contributed by atoms with Gasteiger partial charge in [0.1, 0.15) is 0 Å². The lowest BCUT2D eigenvalue weighted by Crippen LogP contribution is -2.10. The van der Waals surface area contributed by atoms with Crippen molar-refractivity contribution < 1.29 is 0 Å². The minimum atomic E-state index is 0.736. The molecule has 14 heavy (non-hydrogen) atoms. The van der Waals surface area contributed by atoms with Crippen molar-refractivity contribution in [2.24, 2.45) is 5.73 Å². The van der Waals surface area contributed by atoms with Gasteiger partial charge >= 0.3 is 0 Å². The Hall–Kier alpha value is -1.22. The standard InChI is InChI=1S/C11H19N3/c1-14(2)11-6-3-5-10(9-11)13-8-4-7-12/h3,5-6,9,13H,4,7-8,12H2,1-2H3. The Morgan fingerprint density at radius 1 is 1.36 bits per heavy atom. The van der Waals surface area contributed by atoms with Gasteiger partial charge in [-0.05, 0) is 31.2 Å². The van der Waals surface area contributed by atoms with Crippen molar-refractivity contribution >= 4 is 11.4 Å². The van der Waals surface area contributed by atoms with Crippen LogP contribution in [0.15, 0.2) is 24.3 Å². The van der Waals surface area contributed by atoms with E-state index in [9.17, 15) is 0 Å². The Morgan fingerprint density at radius 2 is 2.14 bits per heavy atom. The summed E-state index contributed by atoms with van der Waals surface area (Å²) in [7, 11) is 4.08. The summed E-state index contributed by atoms with van der Waals surface area (Å²) in [5.41, 5.74) is 7.79. The maximum absolute atomic E-state index is 5.42. The van der Waals surface area contributed by atoms with Crippen LogP contribution in [0.4, 0.5) is 11.4 Å². The minimum Gasteiger partial charge on any atom is -0.385 e. The number of anilines is 2. The van der Waals surface area contributed by atoms with E-state index < -0.39 is 0 Å². The van der Waals surface area contributed by atoms with Gasteiger partial charge in [0.2, 0.25) is 0 Å². The normalized spacial score (nSPS) is 9.93. The Morgan fingerprint density at radius 3 is 2.79 bits per heavy atom. The van der Waals surface area contributed by atoms with Crippen LogP contribution in [0, 0.1) is 0 Å². The summed E-state index contributed by atoms with van der Waals surface area (Å²) in [4.78, 5) is 2.09. The largest absolute Gasteiger partial charge is 0.385 e. The van der Waals surface area contributed by atoms with Crippen LogP contribution in [0.25, 0.3) is 0 Å². The molecule has 78 valence electrons. The number of nitrogens with zero attached hydrogens (tertiary/aromatic N) is 1. The summed E-state index contributed by atoms with van der Waals surface area (Å²) in [6.45, 7) is 1.67. The molecule has 3 heteroatoms. The third kappa shape index (κ3) is 3.26. The molecule has 0 heterocycles. The highest BCUT2D eigenvalue weighted by Crippen LogP contribution is 2.16. The molecule has 0 aromatic heterocycles. The van der Waals surface area contributed by atoms with Crippen molar-refractivity contribution in [2.45, 2.75) is 6.42 Å². The van der Waals surface area contributed by atoms with Crippen molar-refractivity contribution in [3.05, 3.63) is 24.3 Å². The van der Waals surface area contributed by atoms with E-state index in [0.29, 0.717) is 0 Å². The lowest BCUT2D eigenvalue weighted by Gasteiger charge is -2.14. The predicted molar refractivity (Wildman–Crippen MR) is 62.9 cm³/mol. The first-order valence-corrected chi connectivity index (χ1v) is 4.95. The summed E-state index contributed by atoms with van der Waals surface area (Å²) in [6.07, 6.45) is 1.01. The van der Waals surface area contributed by atoms with Crippen molar-refractivity contribution in [1.82, 2.24) is 0 Å². The third-order valence-corrected chi connectivity index (χ3v) is 2.07. The number of hydrogen-bond donors (Lipinski definition) is 2. The van der Waals surface area contributed by atoms with Crippen LogP contribution < -0.4 is 16.0 Å². The highest BCUT2D eigenvalue weighted by molar-refractivity contribution is 5.57. The third-order valence-electron chi connectivity index (χ3n) is 2.07. The molecule has 0 aliphatic carbocycles. The van der Waals surface area contributed by atoms with E-state index in [4.69, 9.17) is 5.73 Å². The van der Waals surface area contributed by atoms with E-state index in [-0.39, 0.29) is 0 Å². The van der Waals surface area contributed by atoms with Gasteiger partial charge in [0.15, 0.2) is 0 Å². The number of nitrogens with two attached hydrogens (primary N) is 1. The molecule has 0 aliphatic heterocycles. The molecule has 0 spiro atoms. The maximum Gasteiger partial charge on any atom is 0.0381 e. The fourth-order valence-corrected chi connectivity index (χ4v) is 1.23. The van der Waals surface area contributed by atoms with Crippen LogP contribution in [-0.4, -0.2) is 27.2 Å². The van der Waals surface area contributed by atoms with Gasteiger partial charge in [-0.1, -0.05) is 6.07 Å². The highest BCUT2D eigenvalue weighted by Gasteiger charge is 1.96. The summed E-state index contributed by atoms with van der Waals surface area (Å²) >= 11 is 0. The van der Waals surface area contributed by atoms with Gasteiger partial charge in [0.25, 0.3) is 0 Å². The average Bonchev–Trinajstić information content (AvgIpc) is 2.19. The smallest absolute Gasteiger partial charge is 0.0381 e. The van der Waals surface area contributed by atoms with Crippen LogP contribution >= 0.6 is 0 Å². The van der Waals surface area contributed by atoms with Crippen LogP contribution in [-0.2, 0) is 0 Å². The summed E-state index contributed by atoms with van der Waals surface area (Å²) < 4.78 is 0. The predicted octanol–water partition coefficient (Wildman–Crippen LogP) is 1.51. The molecule has 1 rings (SSSR count). The quantitative estimate of drug-likeness (QED) is 0.697. The molecule has 0 unspecified atom stereocenters. The van der Waals surface area contributed by atoms with Crippen molar-refractivity contribution in [3.63, 3.8) is 0 Å². The van der Waals surface area contributed by atoms with E-state index in [1.54, 1.807) is 0 Å². The minimum absolute atomic E-state index is 0.736. The zero-order chi connectivity index (χ0) is 10.4. The molecule has 0 amide bonds. The van der Waals surface area contributed by atoms with Gasteiger partial charge in [0, 0.05) is 32.0 Å².